The summed E-state index contributed by atoms with van der Waals surface area (Å²) >= 11 is 0. The maximum Gasteiger partial charge on any atom is 0.476 e. The van der Waals surface area contributed by atoms with Gasteiger partial charge in [-0.05, 0) is 56.3 Å². The summed E-state index contributed by atoms with van der Waals surface area (Å²) in [4.78, 5) is 0. The molecule has 0 rings (SSSR count). The molecule has 176 valence electrons. The first-order valence-corrected chi connectivity index (χ1v) is 13.5. The maximum atomic E-state index is 14.5. The number of rotatable bonds is 15. The van der Waals surface area contributed by atoms with Crippen LogP contribution in [0.3, 0.4) is 0 Å². The van der Waals surface area contributed by atoms with E-state index in [1.165, 1.54) is 0 Å². The Morgan fingerprint density at radius 3 is 0.793 bits per heavy atom. The van der Waals surface area contributed by atoms with Gasteiger partial charge in [0.05, 0.1) is 16.8 Å². The second-order valence-corrected chi connectivity index (χ2v) is 10.9. The zero-order valence-electron chi connectivity index (χ0n) is 21.6. The Morgan fingerprint density at radius 1 is 0.517 bits per heavy atom. The molecule has 0 atom stereocenters. The number of phosphoric ester groups is 1. The molecule has 0 aliphatic rings. The average Bonchev–Trinajstić information content (AvgIpc) is 2.68. The summed E-state index contributed by atoms with van der Waals surface area (Å²) in [6.07, 6.45) is 4.57. The monoisotopic (exact) mass is 434 g/mol. The maximum absolute atomic E-state index is 14.5. The van der Waals surface area contributed by atoms with Gasteiger partial charge < -0.3 is 0 Å². The first-order chi connectivity index (χ1) is 13.3. The first kappa shape index (κ1) is 29.1. The molecule has 5 heteroatoms. The highest BCUT2D eigenvalue weighted by atomic mass is 31.2. The lowest BCUT2D eigenvalue weighted by Crippen LogP contribution is -2.43. The summed E-state index contributed by atoms with van der Waals surface area (Å²) in [7, 11) is -3.84. The van der Waals surface area contributed by atoms with Crippen LogP contribution in [0, 0.1) is 17.8 Å². The highest BCUT2D eigenvalue weighted by Crippen LogP contribution is 2.63. The molecule has 4 nitrogen and oxygen atoms in total. The molecule has 0 fully saturated rings. The van der Waals surface area contributed by atoms with Gasteiger partial charge in [-0.1, -0.05) is 83.1 Å². The Hall–Kier alpha value is 0.110. The van der Waals surface area contributed by atoms with Crippen molar-refractivity contribution >= 4 is 7.82 Å². The van der Waals surface area contributed by atoms with Crippen LogP contribution in [0.25, 0.3) is 0 Å². The van der Waals surface area contributed by atoms with E-state index in [0.29, 0.717) is 0 Å². The summed E-state index contributed by atoms with van der Waals surface area (Å²) in [6, 6.07) is 0. The molecule has 29 heavy (non-hydrogen) atoms. The van der Waals surface area contributed by atoms with Crippen molar-refractivity contribution in [3.63, 3.8) is 0 Å². The van der Waals surface area contributed by atoms with E-state index in [-0.39, 0.29) is 17.8 Å². The Morgan fingerprint density at radius 2 is 0.690 bits per heavy atom. The van der Waals surface area contributed by atoms with Gasteiger partial charge in [0.15, 0.2) is 0 Å². The SMILES string of the molecule is CCC(CC)(OP(=O)(OC(CC)(CC)C(C)C)OC(CC)(CC)C(C)C)C(C)C. The van der Waals surface area contributed by atoms with Crippen LogP contribution in [0.2, 0.25) is 0 Å². The van der Waals surface area contributed by atoms with Crippen LogP contribution in [0.4, 0.5) is 0 Å². The van der Waals surface area contributed by atoms with Gasteiger partial charge in [-0.15, -0.1) is 0 Å². The van der Waals surface area contributed by atoms with E-state index < -0.39 is 24.6 Å². The van der Waals surface area contributed by atoms with Gasteiger partial charge in [-0.2, -0.15) is 0 Å². The van der Waals surface area contributed by atoms with Crippen LogP contribution in [0.15, 0.2) is 0 Å². The molecule has 0 aromatic rings. The van der Waals surface area contributed by atoms with Crippen LogP contribution < -0.4 is 0 Å². The second kappa shape index (κ2) is 11.7. The van der Waals surface area contributed by atoms with Crippen LogP contribution in [-0.2, 0) is 18.1 Å². The van der Waals surface area contributed by atoms with Gasteiger partial charge in [-0.25, -0.2) is 4.57 Å². The van der Waals surface area contributed by atoms with Crippen molar-refractivity contribution in [2.45, 2.75) is 138 Å². The van der Waals surface area contributed by atoms with Crippen LogP contribution in [0.5, 0.6) is 0 Å². The van der Waals surface area contributed by atoms with Crippen molar-refractivity contribution in [3.05, 3.63) is 0 Å². The first-order valence-electron chi connectivity index (χ1n) is 12.0. The third-order valence-electron chi connectivity index (χ3n) is 7.63. The predicted molar refractivity (Wildman–Crippen MR) is 125 cm³/mol. The third-order valence-corrected chi connectivity index (χ3v) is 9.39. The molecule has 0 heterocycles. The van der Waals surface area contributed by atoms with Gasteiger partial charge >= 0.3 is 7.82 Å². The van der Waals surface area contributed by atoms with Gasteiger partial charge in [0.25, 0.3) is 0 Å². The van der Waals surface area contributed by atoms with E-state index >= 15 is 0 Å². The highest BCUT2D eigenvalue weighted by Gasteiger charge is 2.51. The summed E-state index contributed by atoms with van der Waals surface area (Å²) in [5, 5.41) is 0. The molecule has 0 unspecified atom stereocenters. The second-order valence-electron chi connectivity index (χ2n) is 9.50. The van der Waals surface area contributed by atoms with Crippen LogP contribution in [0.1, 0.15) is 122 Å². The van der Waals surface area contributed by atoms with Crippen molar-refractivity contribution in [2.24, 2.45) is 17.8 Å². The lowest BCUT2D eigenvalue weighted by Gasteiger charge is -2.46. The molecular formula is C24H51O4P. The number of hydrogen-bond acceptors (Lipinski definition) is 4. The molecule has 0 N–H and O–H groups in total. The molecule has 0 saturated carbocycles. The highest BCUT2D eigenvalue weighted by molar-refractivity contribution is 7.48. The zero-order chi connectivity index (χ0) is 23.1. The standard InChI is InChI=1S/C24H51O4P/c1-13-22(14-2,19(7)8)26-29(25,27-23(15-3,16-4)20(9)10)28-24(17-5,18-6)21(11)12/h19-21H,13-18H2,1-12H3. The Kier molecular flexibility index (Phi) is 11.7. The van der Waals surface area contributed by atoms with Crippen LogP contribution >= 0.6 is 7.82 Å². The van der Waals surface area contributed by atoms with Crippen LogP contribution in [-0.4, -0.2) is 16.8 Å². The Balaban J connectivity index is 6.48. The van der Waals surface area contributed by atoms with Crippen molar-refractivity contribution in [2.75, 3.05) is 0 Å². The minimum Gasteiger partial charge on any atom is -0.280 e. The van der Waals surface area contributed by atoms with E-state index in [9.17, 15) is 4.57 Å². The molecule has 0 aliphatic heterocycles. The molecule has 0 aromatic heterocycles. The zero-order valence-corrected chi connectivity index (χ0v) is 22.4. The van der Waals surface area contributed by atoms with E-state index in [1.807, 2.05) is 0 Å². The minimum atomic E-state index is -3.84. The van der Waals surface area contributed by atoms with Gasteiger partial charge in [0, 0.05) is 0 Å². The lowest BCUT2D eigenvalue weighted by molar-refractivity contribution is -0.107. The van der Waals surface area contributed by atoms with Crippen molar-refractivity contribution in [1.29, 1.82) is 0 Å². The number of hydrogen-bond donors (Lipinski definition) is 0. The summed E-state index contributed by atoms with van der Waals surface area (Å²) < 4.78 is 34.0. The summed E-state index contributed by atoms with van der Waals surface area (Å²) in [5.74, 6) is 0.601. The third kappa shape index (κ3) is 6.55. The smallest absolute Gasteiger partial charge is 0.280 e. The topological polar surface area (TPSA) is 44.8 Å². The molecule has 0 aromatic carbocycles. The van der Waals surface area contributed by atoms with Gasteiger partial charge in [0.2, 0.25) is 0 Å². The summed E-state index contributed by atoms with van der Waals surface area (Å²) in [5.41, 5.74) is -1.61. The van der Waals surface area contributed by atoms with Gasteiger partial charge in [0.1, 0.15) is 0 Å². The quantitative estimate of drug-likeness (QED) is 0.242. The molecule has 0 aliphatic carbocycles. The summed E-state index contributed by atoms with van der Waals surface area (Å²) in [6.45, 7) is 25.3. The lowest BCUT2D eigenvalue weighted by atomic mass is 9.85. The average molecular weight is 435 g/mol. The van der Waals surface area contributed by atoms with Crippen molar-refractivity contribution in [1.82, 2.24) is 0 Å². The van der Waals surface area contributed by atoms with E-state index in [2.05, 4.69) is 83.1 Å². The van der Waals surface area contributed by atoms with Crippen molar-refractivity contribution in [3.8, 4) is 0 Å². The molecule has 0 radical (unpaired) electrons. The van der Waals surface area contributed by atoms with E-state index in [1.54, 1.807) is 0 Å². The molecule has 0 amide bonds. The fourth-order valence-corrected chi connectivity index (χ4v) is 7.48. The minimum absolute atomic E-state index is 0.200. The Bertz CT molecular complexity index is 430. The molecule has 0 spiro atoms. The Labute approximate surface area is 182 Å². The fourth-order valence-electron chi connectivity index (χ4n) is 4.63. The van der Waals surface area contributed by atoms with Crippen molar-refractivity contribution < 1.29 is 18.1 Å². The molecule has 0 saturated heterocycles. The predicted octanol–water partition coefficient (Wildman–Crippen LogP) is 8.79. The van der Waals surface area contributed by atoms with E-state index in [4.69, 9.17) is 13.6 Å². The van der Waals surface area contributed by atoms with E-state index in [0.717, 1.165) is 38.5 Å². The van der Waals surface area contributed by atoms with Gasteiger partial charge in [-0.3, -0.25) is 13.6 Å². The largest absolute Gasteiger partial charge is 0.476 e. The molecule has 0 bridgehead atoms. The fraction of sp³-hybridized carbons (Fsp3) is 1.00. The number of phosphoric acid groups is 1. The normalized spacial score (nSPS) is 14.4. The molecular weight excluding hydrogens is 383 g/mol.